The molecule has 22 heavy (non-hydrogen) atoms. The van der Waals surface area contributed by atoms with E-state index in [0.29, 0.717) is 5.89 Å². The molecule has 0 bridgehead atoms. The highest BCUT2D eigenvalue weighted by Gasteiger charge is 2.11. The Kier molecular flexibility index (Phi) is 4.81. The maximum Gasteiger partial charge on any atom is 0.331 e. The quantitative estimate of drug-likeness (QED) is 0.472. The number of hydrogen-bond acceptors (Lipinski definition) is 7. The average Bonchev–Trinajstić information content (AvgIpc) is 3.24. The summed E-state index contributed by atoms with van der Waals surface area (Å²) in [5.41, 5.74) is 0.963. The Balaban J connectivity index is 1.55. The van der Waals surface area contributed by atoms with Crippen LogP contribution < -0.4 is 0 Å². The van der Waals surface area contributed by atoms with Crippen molar-refractivity contribution in [3.63, 3.8) is 0 Å². The van der Waals surface area contributed by atoms with E-state index >= 15 is 0 Å². The van der Waals surface area contributed by atoms with Gasteiger partial charge in [-0.2, -0.15) is 11.3 Å². The molecular formula is C14H9BrN2O3S2. The Bertz CT molecular complexity index is 793. The lowest BCUT2D eigenvalue weighted by Crippen LogP contribution is -2.00. The fraction of sp³-hybridized carbons (Fsp3) is 0.0714. The first-order chi connectivity index (χ1) is 10.7. The summed E-state index contributed by atoms with van der Waals surface area (Å²) in [5, 5.41) is 11.7. The molecule has 8 heteroatoms. The van der Waals surface area contributed by atoms with Gasteiger partial charge >= 0.3 is 5.97 Å². The van der Waals surface area contributed by atoms with Gasteiger partial charge < -0.3 is 9.15 Å². The molecule has 0 aliphatic heterocycles. The SMILES string of the molecule is O=C(/C=C/c1ccsc1)OCc1nnc(-c2ccc(Br)s2)o1. The highest BCUT2D eigenvalue weighted by Crippen LogP contribution is 2.30. The number of ether oxygens (including phenoxy) is 1. The molecule has 0 saturated carbocycles. The highest BCUT2D eigenvalue weighted by molar-refractivity contribution is 9.11. The summed E-state index contributed by atoms with van der Waals surface area (Å²) in [7, 11) is 0. The van der Waals surface area contributed by atoms with Crippen LogP contribution in [0.3, 0.4) is 0 Å². The molecule has 0 aliphatic rings. The molecule has 112 valence electrons. The predicted molar refractivity (Wildman–Crippen MR) is 88.5 cm³/mol. The lowest BCUT2D eigenvalue weighted by atomic mass is 10.3. The summed E-state index contributed by atoms with van der Waals surface area (Å²) < 4.78 is 11.5. The molecular weight excluding hydrogens is 388 g/mol. The monoisotopic (exact) mass is 396 g/mol. The van der Waals surface area contributed by atoms with Crippen LogP contribution in [-0.2, 0) is 16.1 Å². The Morgan fingerprint density at radius 2 is 2.27 bits per heavy atom. The van der Waals surface area contributed by atoms with Gasteiger partial charge in [-0.3, -0.25) is 0 Å². The van der Waals surface area contributed by atoms with E-state index in [0.717, 1.165) is 14.2 Å². The van der Waals surface area contributed by atoms with Crippen LogP contribution in [-0.4, -0.2) is 16.2 Å². The van der Waals surface area contributed by atoms with Gasteiger partial charge in [-0.1, -0.05) is 0 Å². The largest absolute Gasteiger partial charge is 0.452 e. The van der Waals surface area contributed by atoms with E-state index in [2.05, 4.69) is 26.1 Å². The Morgan fingerprint density at radius 3 is 3.00 bits per heavy atom. The number of aromatic nitrogens is 2. The minimum absolute atomic E-state index is 0.0493. The molecule has 5 nitrogen and oxygen atoms in total. The molecule has 0 spiro atoms. The normalized spacial score (nSPS) is 11.1. The van der Waals surface area contributed by atoms with Crippen molar-refractivity contribution >= 4 is 50.6 Å². The van der Waals surface area contributed by atoms with Crippen LogP contribution >= 0.6 is 38.6 Å². The zero-order valence-corrected chi connectivity index (χ0v) is 14.3. The molecule has 0 unspecified atom stereocenters. The lowest BCUT2D eigenvalue weighted by Gasteiger charge is -1.96. The maximum atomic E-state index is 11.6. The van der Waals surface area contributed by atoms with Gasteiger partial charge in [-0.05, 0) is 56.5 Å². The number of thiophene rings is 2. The van der Waals surface area contributed by atoms with E-state index < -0.39 is 5.97 Å². The number of esters is 1. The van der Waals surface area contributed by atoms with E-state index in [1.165, 1.54) is 17.4 Å². The molecule has 0 N–H and O–H groups in total. The van der Waals surface area contributed by atoms with Crippen molar-refractivity contribution in [1.29, 1.82) is 0 Å². The molecule has 0 amide bonds. The third-order valence-corrected chi connectivity index (χ3v) is 4.86. The molecule has 3 rings (SSSR count). The third kappa shape index (κ3) is 3.90. The van der Waals surface area contributed by atoms with Crippen LogP contribution in [0.1, 0.15) is 11.5 Å². The summed E-state index contributed by atoms with van der Waals surface area (Å²) in [4.78, 5) is 12.4. The zero-order valence-electron chi connectivity index (χ0n) is 11.1. The van der Waals surface area contributed by atoms with Crippen molar-refractivity contribution in [2.24, 2.45) is 0 Å². The fourth-order valence-corrected chi connectivity index (χ4v) is 3.49. The molecule has 0 saturated heterocycles. The minimum Gasteiger partial charge on any atom is -0.452 e. The van der Waals surface area contributed by atoms with Gasteiger partial charge in [0, 0.05) is 6.08 Å². The van der Waals surface area contributed by atoms with Gasteiger partial charge in [0.2, 0.25) is 0 Å². The van der Waals surface area contributed by atoms with E-state index in [1.807, 2.05) is 29.0 Å². The number of hydrogen-bond donors (Lipinski definition) is 0. The van der Waals surface area contributed by atoms with Crippen molar-refractivity contribution in [3.05, 3.63) is 50.3 Å². The van der Waals surface area contributed by atoms with Crippen LogP contribution in [0.15, 0.2) is 43.2 Å². The van der Waals surface area contributed by atoms with Gasteiger partial charge in [0.1, 0.15) is 0 Å². The van der Waals surface area contributed by atoms with Crippen molar-refractivity contribution in [2.75, 3.05) is 0 Å². The van der Waals surface area contributed by atoms with Crippen molar-refractivity contribution < 1.29 is 13.9 Å². The van der Waals surface area contributed by atoms with Crippen molar-refractivity contribution in [3.8, 4) is 10.8 Å². The number of nitrogens with zero attached hydrogens (tertiary/aromatic N) is 2. The molecule has 3 aromatic heterocycles. The topological polar surface area (TPSA) is 65.2 Å². The van der Waals surface area contributed by atoms with Crippen molar-refractivity contribution in [2.45, 2.75) is 6.61 Å². The van der Waals surface area contributed by atoms with Crippen LogP contribution in [0.2, 0.25) is 0 Å². The summed E-state index contributed by atoms with van der Waals surface area (Å²) >= 11 is 6.42. The summed E-state index contributed by atoms with van der Waals surface area (Å²) in [6.07, 6.45) is 3.07. The van der Waals surface area contributed by atoms with E-state index in [4.69, 9.17) is 9.15 Å². The van der Waals surface area contributed by atoms with Gasteiger partial charge in [-0.15, -0.1) is 21.5 Å². The number of carbonyl (C=O) groups is 1. The Labute approximate surface area is 142 Å². The van der Waals surface area contributed by atoms with Gasteiger partial charge in [-0.25, -0.2) is 4.79 Å². The van der Waals surface area contributed by atoms with E-state index in [1.54, 1.807) is 17.4 Å². The molecule has 0 fully saturated rings. The van der Waals surface area contributed by atoms with E-state index in [9.17, 15) is 4.79 Å². The molecule has 0 aromatic carbocycles. The first kappa shape index (κ1) is 15.1. The Morgan fingerprint density at radius 1 is 1.36 bits per heavy atom. The van der Waals surface area contributed by atoms with Gasteiger partial charge in [0.15, 0.2) is 6.61 Å². The number of rotatable bonds is 5. The molecule has 3 heterocycles. The number of carbonyl (C=O) groups excluding carboxylic acids is 1. The standard InChI is InChI=1S/C14H9BrN2O3S2/c15-11-3-2-10(22-11)14-17-16-12(20-14)7-19-13(18)4-1-9-5-6-21-8-9/h1-6,8H,7H2/b4-1+. The predicted octanol–water partition coefficient (Wildman–Crippen LogP) is 4.38. The van der Waals surface area contributed by atoms with Gasteiger partial charge in [0.25, 0.3) is 11.8 Å². The number of halogens is 1. The smallest absolute Gasteiger partial charge is 0.331 e. The molecule has 0 aliphatic carbocycles. The van der Waals surface area contributed by atoms with Crippen LogP contribution in [0.25, 0.3) is 16.8 Å². The summed E-state index contributed by atoms with van der Waals surface area (Å²) in [6.45, 7) is -0.0493. The zero-order chi connectivity index (χ0) is 15.4. The van der Waals surface area contributed by atoms with E-state index in [-0.39, 0.29) is 12.5 Å². The average molecular weight is 397 g/mol. The summed E-state index contributed by atoms with van der Waals surface area (Å²) in [6, 6.07) is 5.69. The second-order valence-electron chi connectivity index (χ2n) is 4.10. The third-order valence-electron chi connectivity index (χ3n) is 2.54. The van der Waals surface area contributed by atoms with Crippen LogP contribution in [0, 0.1) is 0 Å². The first-order valence-electron chi connectivity index (χ1n) is 6.16. The molecule has 3 aromatic rings. The maximum absolute atomic E-state index is 11.6. The molecule has 0 atom stereocenters. The minimum atomic E-state index is -0.454. The first-order valence-corrected chi connectivity index (χ1v) is 8.71. The molecule has 0 radical (unpaired) electrons. The fourth-order valence-electron chi connectivity index (χ4n) is 1.56. The Hall–Kier alpha value is -1.77. The van der Waals surface area contributed by atoms with Gasteiger partial charge in [0.05, 0.1) is 8.66 Å². The second kappa shape index (κ2) is 6.99. The summed E-state index contributed by atoms with van der Waals surface area (Å²) in [5.74, 6) is 0.220. The van der Waals surface area contributed by atoms with Crippen molar-refractivity contribution in [1.82, 2.24) is 10.2 Å². The van der Waals surface area contributed by atoms with Crippen LogP contribution in [0.4, 0.5) is 0 Å². The highest BCUT2D eigenvalue weighted by atomic mass is 79.9. The lowest BCUT2D eigenvalue weighted by molar-refractivity contribution is -0.139. The second-order valence-corrected chi connectivity index (χ2v) is 7.35. The van der Waals surface area contributed by atoms with Crippen LogP contribution in [0.5, 0.6) is 0 Å².